The monoisotopic (exact) mass is 611 g/mol. The van der Waals surface area contributed by atoms with Gasteiger partial charge in [0, 0.05) is 19.2 Å². The van der Waals surface area contributed by atoms with Crippen LogP contribution in [0, 0.1) is 0 Å². The number of para-hydroxylation sites is 1. The molecular formula is C32H41N3O7S. The highest BCUT2D eigenvalue weighted by Gasteiger charge is 2.34. The average molecular weight is 612 g/mol. The van der Waals surface area contributed by atoms with E-state index in [-0.39, 0.29) is 23.1 Å². The van der Waals surface area contributed by atoms with E-state index in [1.54, 1.807) is 55.6 Å². The van der Waals surface area contributed by atoms with Gasteiger partial charge in [-0.25, -0.2) is 8.42 Å². The molecule has 1 N–H and O–H groups in total. The molecule has 0 aliphatic rings. The number of hydrogen-bond acceptors (Lipinski definition) is 7. The van der Waals surface area contributed by atoms with Crippen molar-refractivity contribution in [2.24, 2.45) is 0 Å². The van der Waals surface area contributed by atoms with Crippen molar-refractivity contribution in [3.8, 4) is 17.2 Å². The van der Waals surface area contributed by atoms with Gasteiger partial charge in [0.25, 0.3) is 10.0 Å². The van der Waals surface area contributed by atoms with Crippen molar-refractivity contribution in [2.75, 3.05) is 38.7 Å². The fourth-order valence-corrected chi connectivity index (χ4v) is 6.05. The Morgan fingerprint density at radius 3 is 2.21 bits per heavy atom. The number of amides is 2. The lowest BCUT2D eigenvalue weighted by atomic mass is 10.1. The first-order chi connectivity index (χ1) is 20.7. The molecule has 1 atom stereocenters. The molecule has 0 heterocycles. The van der Waals surface area contributed by atoms with Crippen LogP contribution in [0.5, 0.6) is 17.2 Å². The lowest BCUT2D eigenvalue weighted by Gasteiger charge is -2.33. The van der Waals surface area contributed by atoms with Gasteiger partial charge in [0.05, 0.1) is 31.9 Å². The Morgan fingerprint density at radius 2 is 1.58 bits per heavy atom. The molecule has 2 amide bonds. The number of nitrogens with one attached hydrogen (secondary N) is 1. The summed E-state index contributed by atoms with van der Waals surface area (Å²) in [6, 6.07) is 19.0. The van der Waals surface area contributed by atoms with Crippen LogP contribution in [0.25, 0.3) is 0 Å². The van der Waals surface area contributed by atoms with Crippen LogP contribution in [0.1, 0.15) is 38.7 Å². The number of benzene rings is 3. The topological polar surface area (TPSA) is 114 Å². The third-order valence-corrected chi connectivity index (χ3v) is 8.74. The largest absolute Gasteiger partial charge is 0.497 e. The smallest absolute Gasteiger partial charge is 0.264 e. The second-order valence-electron chi connectivity index (χ2n) is 9.81. The van der Waals surface area contributed by atoms with Crippen molar-refractivity contribution in [3.63, 3.8) is 0 Å². The Kier molecular flexibility index (Phi) is 12.2. The minimum Gasteiger partial charge on any atom is -0.497 e. The first-order valence-electron chi connectivity index (χ1n) is 14.2. The van der Waals surface area contributed by atoms with Gasteiger partial charge in [0.1, 0.15) is 18.3 Å². The van der Waals surface area contributed by atoms with E-state index in [4.69, 9.17) is 14.2 Å². The molecule has 43 heavy (non-hydrogen) atoms. The summed E-state index contributed by atoms with van der Waals surface area (Å²) in [6.45, 7) is 3.87. The lowest BCUT2D eigenvalue weighted by molar-refractivity contribution is -0.140. The van der Waals surface area contributed by atoms with Crippen LogP contribution in [0.3, 0.4) is 0 Å². The zero-order valence-electron chi connectivity index (χ0n) is 25.4. The molecular weight excluding hydrogens is 570 g/mol. The Hall–Kier alpha value is -4.25. The maximum atomic E-state index is 14.2. The highest BCUT2D eigenvalue weighted by Crippen LogP contribution is 2.32. The summed E-state index contributed by atoms with van der Waals surface area (Å²) in [5, 5.41) is 2.93. The van der Waals surface area contributed by atoms with E-state index in [9.17, 15) is 18.0 Å². The van der Waals surface area contributed by atoms with Crippen LogP contribution >= 0.6 is 0 Å². The predicted molar refractivity (Wildman–Crippen MR) is 166 cm³/mol. The number of carbonyl (C=O) groups is 2. The third-order valence-electron chi connectivity index (χ3n) is 6.97. The standard InChI is InChI=1S/C32H41N3O7S/c1-6-8-19-33-32(37)28(7-2)34(22-24-13-12-16-26(20-24)40-3)31(36)23-35(25-14-10-9-11-15-25)43(38,39)27-17-18-29(41-4)30(21-27)42-5/h9-18,20-21,28H,6-8,19,22-23H2,1-5H3,(H,33,37). The number of carbonyl (C=O) groups excluding carboxylic acids is 2. The number of hydrogen-bond donors (Lipinski definition) is 1. The summed E-state index contributed by atoms with van der Waals surface area (Å²) in [7, 11) is 0.161. The molecule has 3 rings (SSSR count). The maximum absolute atomic E-state index is 14.2. The number of nitrogens with zero attached hydrogens (tertiary/aromatic N) is 2. The molecule has 0 aliphatic carbocycles. The van der Waals surface area contributed by atoms with Gasteiger partial charge in [-0.05, 0) is 54.8 Å². The molecule has 0 saturated heterocycles. The number of ether oxygens (including phenoxy) is 3. The molecule has 1 unspecified atom stereocenters. The highest BCUT2D eigenvalue weighted by atomic mass is 32.2. The van der Waals surface area contributed by atoms with Crippen LogP contribution in [-0.2, 0) is 26.2 Å². The van der Waals surface area contributed by atoms with Crippen molar-refractivity contribution in [1.29, 1.82) is 0 Å². The summed E-state index contributed by atoms with van der Waals surface area (Å²) >= 11 is 0. The Bertz CT molecular complexity index is 1460. The van der Waals surface area contributed by atoms with Crippen LogP contribution < -0.4 is 23.8 Å². The van der Waals surface area contributed by atoms with E-state index in [1.807, 2.05) is 19.9 Å². The number of methoxy groups -OCH3 is 3. The van der Waals surface area contributed by atoms with Crippen LogP contribution in [-0.4, -0.2) is 65.6 Å². The van der Waals surface area contributed by atoms with E-state index >= 15 is 0 Å². The summed E-state index contributed by atoms with van der Waals surface area (Å²) in [5.41, 5.74) is 1.04. The second-order valence-corrected chi connectivity index (χ2v) is 11.7. The first kappa shape index (κ1) is 33.3. The molecule has 3 aromatic rings. The molecule has 0 radical (unpaired) electrons. The van der Waals surface area contributed by atoms with Crippen LogP contribution in [0.4, 0.5) is 5.69 Å². The van der Waals surface area contributed by atoms with E-state index in [2.05, 4.69) is 5.32 Å². The summed E-state index contributed by atoms with van der Waals surface area (Å²) in [6.07, 6.45) is 2.04. The zero-order valence-corrected chi connectivity index (χ0v) is 26.2. The van der Waals surface area contributed by atoms with Crippen LogP contribution in [0.2, 0.25) is 0 Å². The molecule has 0 aliphatic heterocycles. The van der Waals surface area contributed by atoms with Gasteiger partial charge < -0.3 is 24.4 Å². The van der Waals surface area contributed by atoms with E-state index in [0.29, 0.717) is 30.2 Å². The molecule has 0 fully saturated rings. The van der Waals surface area contributed by atoms with Crippen LogP contribution in [0.15, 0.2) is 77.7 Å². The average Bonchev–Trinajstić information content (AvgIpc) is 3.03. The lowest BCUT2D eigenvalue weighted by Crippen LogP contribution is -2.52. The highest BCUT2D eigenvalue weighted by molar-refractivity contribution is 7.92. The molecule has 3 aromatic carbocycles. The van der Waals surface area contributed by atoms with Crippen molar-refractivity contribution >= 4 is 27.5 Å². The number of sulfonamides is 1. The molecule has 232 valence electrons. The van der Waals surface area contributed by atoms with Crippen molar-refractivity contribution in [2.45, 2.75) is 50.6 Å². The number of anilines is 1. The van der Waals surface area contributed by atoms with Gasteiger partial charge in [0.15, 0.2) is 11.5 Å². The zero-order chi connectivity index (χ0) is 31.4. The Labute approximate surface area is 254 Å². The minimum atomic E-state index is -4.26. The molecule has 0 bridgehead atoms. The minimum absolute atomic E-state index is 0.0781. The molecule has 11 heteroatoms. The van der Waals surface area contributed by atoms with Gasteiger partial charge in [-0.15, -0.1) is 0 Å². The van der Waals surface area contributed by atoms with Gasteiger partial charge >= 0.3 is 0 Å². The Balaban J connectivity index is 2.06. The van der Waals surface area contributed by atoms with Crippen molar-refractivity contribution in [1.82, 2.24) is 10.2 Å². The number of rotatable bonds is 16. The van der Waals surface area contributed by atoms with Gasteiger partial charge in [-0.3, -0.25) is 13.9 Å². The normalized spacial score (nSPS) is 11.7. The maximum Gasteiger partial charge on any atom is 0.264 e. The first-order valence-corrected chi connectivity index (χ1v) is 15.6. The van der Waals surface area contributed by atoms with Crippen molar-refractivity contribution < 1.29 is 32.2 Å². The van der Waals surface area contributed by atoms with Gasteiger partial charge in [-0.2, -0.15) is 0 Å². The summed E-state index contributed by atoms with van der Waals surface area (Å²) < 4.78 is 45.2. The fourth-order valence-electron chi connectivity index (χ4n) is 4.62. The molecule has 0 spiro atoms. The predicted octanol–water partition coefficient (Wildman–Crippen LogP) is 4.63. The molecule has 0 saturated carbocycles. The Morgan fingerprint density at radius 1 is 0.860 bits per heavy atom. The second kappa shape index (κ2) is 15.8. The molecule has 0 aromatic heterocycles. The summed E-state index contributed by atoms with van der Waals surface area (Å²) in [4.78, 5) is 28.9. The van der Waals surface area contributed by atoms with E-state index in [0.717, 1.165) is 22.7 Å². The number of unbranched alkanes of at least 4 members (excludes halogenated alkanes) is 1. The third kappa shape index (κ3) is 8.41. The van der Waals surface area contributed by atoms with E-state index < -0.39 is 28.5 Å². The van der Waals surface area contributed by atoms with Gasteiger partial charge in [-0.1, -0.05) is 50.6 Å². The van der Waals surface area contributed by atoms with E-state index in [1.165, 1.54) is 37.3 Å². The van der Waals surface area contributed by atoms with Gasteiger partial charge in [0.2, 0.25) is 11.8 Å². The quantitative estimate of drug-likeness (QED) is 0.235. The fraction of sp³-hybridized carbons (Fsp3) is 0.375. The SMILES string of the molecule is CCCCNC(=O)C(CC)N(Cc1cccc(OC)c1)C(=O)CN(c1ccccc1)S(=O)(=O)c1ccc(OC)c(OC)c1. The van der Waals surface area contributed by atoms with Crippen molar-refractivity contribution in [3.05, 3.63) is 78.4 Å². The molecule has 10 nitrogen and oxygen atoms in total. The summed E-state index contributed by atoms with van der Waals surface area (Å²) in [5.74, 6) is 0.382.